The summed E-state index contributed by atoms with van der Waals surface area (Å²) in [7, 11) is 1.30. The van der Waals surface area contributed by atoms with Crippen molar-refractivity contribution in [2.45, 2.75) is 19.0 Å². The van der Waals surface area contributed by atoms with Gasteiger partial charge >= 0.3 is 6.09 Å². The van der Waals surface area contributed by atoms with E-state index in [2.05, 4.69) is 26.0 Å². The van der Waals surface area contributed by atoms with Gasteiger partial charge in [-0.15, -0.1) is 0 Å². The first-order chi connectivity index (χ1) is 9.51. The van der Waals surface area contributed by atoms with E-state index < -0.39 is 17.7 Å². The molecular weight excluding hydrogens is 334 g/mol. The maximum atomic E-state index is 13.9. The van der Waals surface area contributed by atoms with Gasteiger partial charge in [0.15, 0.2) is 0 Å². The molecule has 0 aliphatic carbocycles. The number of hydrogen-bond donors (Lipinski definition) is 1. The minimum absolute atomic E-state index is 0.0399. The lowest BCUT2D eigenvalue weighted by Crippen LogP contribution is -2.36. The number of amides is 1. The summed E-state index contributed by atoms with van der Waals surface area (Å²) in [6.45, 7) is 1.39. The number of methoxy groups -OCH3 is 1. The van der Waals surface area contributed by atoms with Crippen molar-refractivity contribution in [3.05, 3.63) is 33.8 Å². The fraction of sp³-hybridized carbons (Fsp3) is 0.462. The van der Waals surface area contributed by atoms with Crippen LogP contribution in [0.1, 0.15) is 12.0 Å². The zero-order chi connectivity index (χ0) is 14.7. The van der Waals surface area contributed by atoms with Gasteiger partial charge in [0.2, 0.25) is 0 Å². The van der Waals surface area contributed by atoms with Gasteiger partial charge in [0.05, 0.1) is 11.6 Å². The van der Waals surface area contributed by atoms with Crippen LogP contribution in [-0.4, -0.2) is 37.2 Å². The van der Waals surface area contributed by atoms with Gasteiger partial charge in [-0.1, -0.05) is 0 Å². The summed E-state index contributed by atoms with van der Waals surface area (Å²) in [5.74, 6) is -1.13. The number of alkyl carbamates (subject to hydrolysis) is 1. The Morgan fingerprint density at radius 3 is 3.00 bits per heavy atom. The zero-order valence-electron chi connectivity index (χ0n) is 11.0. The molecule has 7 heteroatoms. The Labute approximate surface area is 124 Å². The van der Waals surface area contributed by atoms with Crippen LogP contribution in [0, 0.1) is 11.6 Å². The first kappa shape index (κ1) is 15.2. The summed E-state index contributed by atoms with van der Waals surface area (Å²) in [5, 5.41) is 2.69. The quantitative estimate of drug-likeness (QED) is 0.854. The van der Waals surface area contributed by atoms with Crippen molar-refractivity contribution in [1.82, 2.24) is 10.2 Å². The summed E-state index contributed by atoms with van der Waals surface area (Å²) in [5.41, 5.74) is 0.0399. The number of benzene rings is 1. The third-order valence-electron chi connectivity index (χ3n) is 3.30. The second kappa shape index (κ2) is 6.49. The molecule has 1 aliphatic heterocycles. The highest BCUT2D eigenvalue weighted by Gasteiger charge is 2.26. The molecule has 0 radical (unpaired) electrons. The van der Waals surface area contributed by atoms with Gasteiger partial charge in [0.1, 0.15) is 11.6 Å². The number of rotatable bonds is 3. The van der Waals surface area contributed by atoms with Crippen molar-refractivity contribution in [3.8, 4) is 0 Å². The maximum Gasteiger partial charge on any atom is 0.407 e. The second-order valence-electron chi connectivity index (χ2n) is 4.68. The van der Waals surface area contributed by atoms with Crippen LogP contribution < -0.4 is 5.32 Å². The van der Waals surface area contributed by atoms with E-state index in [9.17, 15) is 13.6 Å². The topological polar surface area (TPSA) is 41.6 Å². The summed E-state index contributed by atoms with van der Waals surface area (Å²) < 4.78 is 32.3. The van der Waals surface area contributed by atoms with E-state index in [0.29, 0.717) is 13.1 Å². The predicted octanol–water partition coefficient (Wildman–Crippen LogP) is 2.66. The minimum atomic E-state index is -0.575. The molecule has 1 saturated heterocycles. The van der Waals surface area contributed by atoms with E-state index >= 15 is 0 Å². The average Bonchev–Trinajstić information content (AvgIpc) is 2.86. The highest BCUT2D eigenvalue weighted by Crippen LogP contribution is 2.24. The van der Waals surface area contributed by atoms with Gasteiger partial charge in [0.25, 0.3) is 0 Å². The molecule has 2 rings (SSSR count). The van der Waals surface area contributed by atoms with Crippen molar-refractivity contribution < 1.29 is 18.3 Å². The fourth-order valence-corrected chi connectivity index (χ4v) is 2.63. The second-order valence-corrected chi connectivity index (χ2v) is 5.53. The average molecular weight is 349 g/mol. The number of carbonyl (C=O) groups excluding carboxylic acids is 1. The molecule has 1 unspecified atom stereocenters. The molecule has 0 bridgehead atoms. The number of carbonyl (C=O) groups is 1. The van der Waals surface area contributed by atoms with E-state index in [4.69, 9.17) is 0 Å². The number of hydrogen-bond acceptors (Lipinski definition) is 3. The Morgan fingerprint density at radius 1 is 1.55 bits per heavy atom. The third kappa shape index (κ3) is 3.46. The minimum Gasteiger partial charge on any atom is -0.453 e. The standard InChI is InChI=1S/C13H15BrF2N2O2/c1-20-13(19)17-8-4-5-18(6-8)7-9-11(15)3-2-10(14)12(9)16/h2-3,8H,4-7H2,1H3,(H,17,19). The van der Waals surface area contributed by atoms with Crippen LogP contribution in [0.3, 0.4) is 0 Å². The van der Waals surface area contributed by atoms with Crippen molar-refractivity contribution in [1.29, 1.82) is 0 Å². The monoisotopic (exact) mass is 348 g/mol. The van der Waals surface area contributed by atoms with Gasteiger partial charge < -0.3 is 10.1 Å². The van der Waals surface area contributed by atoms with E-state index in [-0.39, 0.29) is 22.6 Å². The summed E-state index contributed by atoms with van der Waals surface area (Å²) in [6.07, 6.45) is 0.239. The molecule has 1 heterocycles. The summed E-state index contributed by atoms with van der Waals surface area (Å²) in [6, 6.07) is 2.53. The normalized spacial score (nSPS) is 19.1. The molecular formula is C13H15BrF2N2O2. The molecule has 1 atom stereocenters. The molecule has 0 aromatic heterocycles. The molecule has 1 amide bonds. The van der Waals surface area contributed by atoms with Crippen molar-refractivity contribution in [2.75, 3.05) is 20.2 Å². The Morgan fingerprint density at radius 2 is 2.30 bits per heavy atom. The number of ether oxygens (including phenoxy) is 1. The molecule has 0 saturated carbocycles. The van der Waals surface area contributed by atoms with Crippen LogP contribution in [0.5, 0.6) is 0 Å². The summed E-state index contributed by atoms with van der Waals surface area (Å²) in [4.78, 5) is 13.0. The molecule has 1 fully saturated rings. The first-order valence-electron chi connectivity index (χ1n) is 6.20. The Hall–Kier alpha value is -1.21. The number of nitrogens with one attached hydrogen (secondary N) is 1. The van der Waals surface area contributed by atoms with Gasteiger partial charge in [-0.05, 0) is 34.5 Å². The van der Waals surface area contributed by atoms with E-state index in [1.165, 1.54) is 19.2 Å². The zero-order valence-corrected chi connectivity index (χ0v) is 12.5. The number of likely N-dealkylation sites (tertiary alicyclic amines) is 1. The SMILES string of the molecule is COC(=O)NC1CCN(Cc2c(F)ccc(Br)c2F)C1. The van der Waals surface area contributed by atoms with Gasteiger partial charge in [-0.25, -0.2) is 13.6 Å². The van der Waals surface area contributed by atoms with Crippen molar-refractivity contribution >= 4 is 22.0 Å². The third-order valence-corrected chi connectivity index (χ3v) is 3.91. The molecule has 4 nitrogen and oxygen atoms in total. The maximum absolute atomic E-state index is 13.9. The van der Waals surface area contributed by atoms with Crippen LogP contribution in [-0.2, 0) is 11.3 Å². The lowest BCUT2D eigenvalue weighted by atomic mass is 10.2. The van der Waals surface area contributed by atoms with E-state index in [1.54, 1.807) is 0 Å². The van der Waals surface area contributed by atoms with Crippen molar-refractivity contribution in [3.63, 3.8) is 0 Å². The highest BCUT2D eigenvalue weighted by molar-refractivity contribution is 9.10. The van der Waals surface area contributed by atoms with Gasteiger partial charge in [-0.3, -0.25) is 4.90 Å². The van der Waals surface area contributed by atoms with Crippen LogP contribution in [0.15, 0.2) is 16.6 Å². The number of halogens is 3. The Kier molecular flexibility index (Phi) is 4.93. The fourth-order valence-electron chi connectivity index (χ4n) is 2.26. The first-order valence-corrected chi connectivity index (χ1v) is 6.99. The Balaban J connectivity index is 1.99. The van der Waals surface area contributed by atoms with E-state index in [1.807, 2.05) is 4.90 Å². The molecule has 110 valence electrons. The van der Waals surface area contributed by atoms with Crippen LogP contribution >= 0.6 is 15.9 Å². The van der Waals surface area contributed by atoms with Gasteiger partial charge in [-0.2, -0.15) is 0 Å². The van der Waals surface area contributed by atoms with Crippen LogP contribution in [0.25, 0.3) is 0 Å². The van der Waals surface area contributed by atoms with Crippen LogP contribution in [0.2, 0.25) is 0 Å². The predicted molar refractivity (Wildman–Crippen MR) is 73.3 cm³/mol. The molecule has 1 aromatic rings. The van der Waals surface area contributed by atoms with E-state index in [0.717, 1.165) is 6.42 Å². The van der Waals surface area contributed by atoms with Gasteiger partial charge in [0, 0.05) is 31.2 Å². The lowest BCUT2D eigenvalue weighted by molar-refractivity contribution is 0.166. The molecule has 20 heavy (non-hydrogen) atoms. The van der Waals surface area contributed by atoms with Crippen LogP contribution in [0.4, 0.5) is 13.6 Å². The molecule has 1 aromatic carbocycles. The lowest BCUT2D eigenvalue weighted by Gasteiger charge is -2.17. The molecule has 1 aliphatic rings. The molecule has 1 N–H and O–H groups in total. The van der Waals surface area contributed by atoms with Crippen molar-refractivity contribution in [2.24, 2.45) is 0 Å². The molecule has 0 spiro atoms. The summed E-state index contributed by atoms with van der Waals surface area (Å²) >= 11 is 3.05. The number of nitrogens with zero attached hydrogens (tertiary/aromatic N) is 1. The Bertz CT molecular complexity index is 513. The largest absolute Gasteiger partial charge is 0.453 e. The highest BCUT2D eigenvalue weighted by atomic mass is 79.9. The smallest absolute Gasteiger partial charge is 0.407 e.